The Morgan fingerprint density at radius 2 is 2.11 bits per heavy atom. The van der Waals surface area contributed by atoms with Gasteiger partial charge in [0.25, 0.3) is 0 Å². The summed E-state index contributed by atoms with van der Waals surface area (Å²) in [6, 6.07) is 17.2. The Labute approximate surface area is 157 Å². The molecule has 0 bridgehead atoms. The second kappa shape index (κ2) is 7.53. The van der Waals surface area contributed by atoms with Crippen molar-refractivity contribution in [2.45, 2.75) is 13.0 Å². The number of para-hydroxylation sites is 1. The number of rotatable bonds is 5. The first-order valence-corrected chi connectivity index (χ1v) is 8.81. The zero-order valence-electron chi connectivity index (χ0n) is 15.0. The van der Waals surface area contributed by atoms with Crippen LogP contribution < -0.4 is 14.8 Å². The summed E-state index contributed by atoms with van der Waals surface area (Å²) in [5.41, 5.74) is 2.60. The van der Waals surface area contributed by atoms with Crippen LogP contribution in [0.1, 0.15) is 11.3 Å². The lowest BCUT2D eigenvalue weighted by atomic mass is 9.96. The van der Waals surface area contributed by atoms with Crippen molar-refractivity contribution in [3.63, 3.8) is 0 Å². The molecule has 1 amide bonds. The average molecular weight is 364 g/mol. The van der Waals surface area contributed by atoms with Crippen molar-refractivity contribution < 1.29 is 18.8 Å². The van der Waals surface area contributed by atoms with Gasteiger partial charge in [-0.15, -0.1) is 0 Å². The van der Waals surface area contributed by atoms with E-state index in [1.165, 1.54) is 0 Å². The van der Waals surface area contributed by atoms with Gasteiger partial charge in [0, 0.05) is 11.6 Å². The van der Waals surface area contributed by atoms with Gasteiger partial charge in [0.2, 0.25) is 5.91 Å². The number of carbonyl (C=O) groups excluding carboxylic acids is 1. The van der Waals surface area contributed by atoms with Crippen LogP contribution in [-0.2, 0) is 17.8 Å². The summed E-state index contributed by atoms with van der Waals surface area (Å²) in [4.78, 5) is 12.5. The highest BCUT2D eigenvalue weighted by Crippen LogP contribution is 2.27. The summed E-state index contributed by atoms with van der Waals surface area (Å²) in [6.07, 6.45) is 0.676. The number of fused-ring (bicyclic) bond motifs is 1. The number of hydrogen-bond donors (Lipinski definition) is 1. The molecule has 138 valence electrons. The van der Waals surface area contributed by atoms with Gasteiger partial charge in [-0.3, -0.25) is 4.79 Å². The fourth-order valence-corrected chi connectivity index (χ4v) is 3.13. The highest BCUT2D eigenvalue weighted by Gasteiger charge is 2.25. The first-order chi connectivity index (χ1) is 13.2. The number of methoxy groups -OCH3 is 1. The van der Waals surface area contributed by atoms with Crippen LogP contribution in [0.25, 0.3) is 11.3 Å². The Bertz CT molecular complexity index is 951. The smallest absolute Gasteiger partial charge is 0.227 e. The molecule has 0 fully saturated rings. The van der Waals surface area contributed by atoms with Crippen LogP contribution in [0.2, 0.25) is 0 Å². The molecule has 0 radical (unpaired) electrons. The van der Waals surface area contributed by atoms with E-state index in [0.29, 0.717) is 31.0 Å². The van der Waals surface area contributed by atoms with E-state index >= 15 is 0 Å². The monoisotopic (exact) mass is 364 g/mol. The van der Waals surface area contributed by atoms with E-state index in [-0.39, 0.29) is 11.8 Å². The van der Waals surface area contributed by atoms with Gasteiger partial charge in [0.15, 0.2) is 5.76 Å². The van der Waals surface area contributed by atoms with Gasteiger partial charge >= 0.3 is 0 Å². The summed E-state index contributed by atoms with van der Waals surface area (Å²) in [5.74, 6) is 1.99. The second-order valence-corrected chi connectivity index (χ2v) is 6.45. The predicted octanol–water partition coefficient (Wildman–Crippen LogP) is 3.22. The van der Waals surface area contributed by atoms with Crippen LogP contribution in [0, 0.1) is 5.92 Å². The zero-order valence-corrected chi connectivity index (χ0v) is 15.0. The highest BCUT2D eigenvalue weighted by molar-refractivity contribution is 5.79. The zero-order chi connectivity index (χ0) is 18.6. The molecule has 0 saturated heterocycles. The minimum absolute atomic E-state index is 0.0459. The minimum atomic E-state index is -0.204. The van der Waals surface area contributed by atoms with E-state index in [4.69, 9.17) is 14.0 Å². The molecule has 3 aromatic rings. The molecule has 6 nitrogen and oxygen atoms in total. The van der Waals surface area contributed by atoms with Crippen molar-refractivity contribution in [3.8, 4) is 22.8 Å². The third kappa shape index (κ3) is 3.79. The number of hydrogen-bond acceptors (Lipinski definition) is 5. The van der Waals surface area contributed by atoms with E-state index in [1.54, 1.807) is 7.11 Å². The number of aromatic nitrogens is 1. The highest BCUT2D eigenvalue weighted by atomic mass is 16.5. The van der Waals surface area contributed by atoms with Gasteiger partial charge in [-0.25, -0.2) is 0 Å². The van der Waals surface area contributed by atoms with E-state index in [1.807, 2.05) is 54.6 Å². The molecule has 1 aliphatic rings. The first-order valence-electron chi connectivity index (χ1n) is 8.81. The maximum atomic E-state index is 12.5. The normalized spacial score (nSPS) is 15.5. The predicted molar refractivity (Wildman–Crippen MR) is 99.5 cm³/mol. The van der Waals surface area contributed by atoms with Gasteiger partial charge in [-0.1, -0.05) is 35.5 Å². The summed E-state index contributed by atoms with van der Waals surface area (Å²) in [7, 11) is 1.62. The van der Waals surface area contributed by atoms with E-state index < -0.39 is 0 Å². The number of benzene rings is 2. The molecule has 0 unspecified atom stereocenters. The topological polar surface area (TPSA) is 73.6 Å². The molecule has 2 heterocycles. The van der Waals surface area contributed by atoms with Crippen molar-refractivity contribution in [2.24, 2.45) is 5.92 Å². The van der Waals surface area contributed by atoms with Crippen LogP contribution in [0.15, 0.2) is 59.1 Å². The van der Waals surface area contributed by atoms with E-state index in [2.05, 4.69) is 10.5 Å². The SMILES string of the molecule is COc1cccc(-c2cc(CNC(=O)[C@@H]3COc4ccccc4C3)no2)c1. The summed E-state index contributed by atoms with van der Waals surface area (Å²) >= 11 is 0. The molecule has 27 heavy (non-hydrogen) atoms. The van der Waals surface area contributed by atoms with Crippen LogP contribution in [0.4, 0.5) is 0 Å². The van der Waals surface area contributed by atoms with Crippen LogP contribution in [-0.4, -0.2) is 24.8 Å². The van der Waals surface area contributed by atoms with Crippen molar-refractivity contribution >= 4 is 5.91 Å². The molecule has 1 aliphatic heterocycles. The van der Waals surface area contributed by atoms with Crippen molar-refractivity contribution in [3.05, 3.63) is 65.9 Å². The van der Waals surface area contributed by atoms with Gasteiger partial charge in [0.05, 0.1) is 19.6 Å². The molecule has 0 saturated carbocycles. The van der Waals surface area contributed by atoms with Crippen LogP contribution in [0.5, 0.6) is 11.5 Å². The Morgan fingerprint density at radius 3 is 3.00 bits per heavy atom. The molecule has 0 aliphatic carbocycles. The molecule has 1 aromatic heterocycles. The molecule has 2 aromatic carbocycles. The molecular formula is C21H20N2O4. The van der Waals surface area contributed by atoms with Gasteiger partial charge in [-0.2, -0.15) is 0 Å². The lowest BCUT2D eigenvalue weighted by Gasteiger charge is -2.24. The van der Waals surface area contributed by atoms with Crippen molar-refractivity contribution in [2.75, 3.05) is 13.7 Å². The molecule has 1 atom stereocenters. The third-order valence-electron chi connectivity index (χ3n) is 4.61. The fraction of sp³-hybridized carbons (Fsp3) is 0.238. The fourth-order valence-electron chi connectivity index (χ4n) is 3.13. The minimum Gasteiger partial charge on any atom is -0.497 e. The first kappa shape index (κ1) is 17.1. The lowest BCUT2D eigenvalue weighted by Crippen LogP contribution is -2.37. The molecule has 4 rings (SSSR count). The second-order valence-electron chi connectivity index (χ2n) is 6.45. The summed E-state index contributed by atoms with van der Waals surface area (Å²) in [6.45, 7) is 0.696. The van der Waals surface area contributed by atoms with Crippen molar-refractivity contribution in [1.29, 1.82) is 0 Å². The van der Waals surface area contributed by atoms with Gasteiger partial charge < -0.3 is 19.3 Å². The van der Waals surface area contributed by atoms with Crippen molar-refractivity contribution in [1.82, 2.24) is 10.5 Å². The molecule has 6 heteroatoms. The van der Waals surface area contributed by atoms with E-state index in [0.717, 1.165) is 22.6 Å². The standard InChI is InChI=1S/C21H20N2O4/c1-25-18-7-4-6-15(10-18)20-11-17(23-27-20)12-22-21(24)16-9-14-5-2-3-8-19(14)26-13-16/h2-8,10-11,16H,9,12-13H2,1H3,(H,22,24)/t16-/m0/s1. The Kier molecular flexibility index (Phi) is 4.78. The van der Waals surface area contributed by atoms with Crippen LogP contribution >= 0.6 is 0 Å². The third-order valence-corrected chi connectivity index (χ3v) is 4.61. The maximum absolute atomic E-state index is 12.5. The molecule has 0 spiro atoms. The maximum Gasteiger partial charge on any atom is 0.227 e. The molecule has 1 N–H and O–H groups in total. The van der Waals surface area contributed by atoms with Gasteiger partial charge in [0.1, 0.15) is 23.8 Å². The van der Waals surface area contributed by atoms with Crippen LogP contribution in [0.3, 0.4) is 0 Å². The largest absolute Gasteiger partial charge is 0.497 e. The summed E-state index contributed by atoms with van der Waals surface area (Å²) < 4.78 is 16.3. The number of ether oxygens (including phenoxy) is 2. The summed E-state index contributed by atoms with van der Waals surface area (Å²) in [5, 5.41) is 6.96. The number of nitrogens with zero attached hydrogens (tertiary/aromatic N) is 1. The lowest BCUT2D eigenvalue weighted by molar-refractivity contribution is -0.126. The number of nitrogens with one attached hydrogen (secondary N) is 1. The number of amides is 1. The Morgan fingerprint density at radius 1 is 1.22 bits per heavy atom. The molecular weight excluding hydrogens is 344 g/mol. The quantitative estimate of drug-likeness (QED) is 0.752. The van der Waals surface area contributed by atoms with Gasteiger partial charge in [-0.05, 0) is 30.2 Å². The number of carbonyl (C=O) groups is 1. The Balaban J connectivity index is 1.37. The Hall–Kier alpha value is -3.28. The average Bonchev–Trinajstić information content (AvgIpc) is 3.21. The van der Waals surface area contributed by atoms with E-state index in [9.17, 15) is 4.79 Å².